The largest absolute Gasteiger partial charge is 0.495 e. The van der Waals surface area contributed by atoms with Crippen LogP contribution in [0.1, 0.15) is 17.5 Å². The van der Waals surface area contributed by atoms with Crippen LogP contribution in [0.4, 0.5) is 10.1 Å². The number of guanidine groups is 1. The zero-order chi connectivity index (χ0) is 20.8. The molecule has 3 rings (SSSR count). The van der Waals surface area contributed by atoms with Crippen LogP contribution in [0, 0.1) is 17.1 Å². The monoisotopic (exact) mass is 415 g/mol. The van der Waals surface area contributed by atoms with Crippen LogP contribution in [0.5, 0.6) is 5.75 Å². The first-order chi connectivity index (χ1) is 14.0. The Labute approximate surface area is 174 Å². The average molecular weight is 416 g/mol. The quantitative estimate of drug-likeness (QED) is 0.579. The van der Waals surface area contributed by atoms with Crippen LogP contribution in [0.2, 0.25) is 5.02 Å². The number of aliphatic imine (C=N–C) groups is 1. The third-order valence-corrected chi connectivity index (χ3v) is 5.09. The van der Waals surface area contributed by atoms with Gasteiger partial charge in [0.1, 0.15) is 11.6 Å². The first-order valence-corrected chi connectivity index (χ1v) is 9.66. The van der Waals surface area contributed by atoms with Crippen molar-refractivity contribution in [3.8, 4) is 11.8 Å². The third kappa shape index (κ3) is 5.09. The molecular weight excluding hydrogens is 393 g/mol. The molecule has 1 aliphatic heterocycles. The fraction of sp³-hybridized carbons (Fsp3) is 0.333. The molecule has 0 amide bonds. The standard InChI is InChI=1S/C21H23ClFN5O/c1-25-21(26-12-15-9-14(11-24)3-5-18(15)23)27-17-7-8-28(13-17)19-10-16(22)4-6-20(19)29-2/h3-6,9-10,17H,7-8,12-13H2,1-2H3,(H2,25,26,27). The predicted octanol–water partition coefficient (Wildman–Crippen LogP) is 3.30. The highest BCUT2D eigenvalue weighted by Crippen LogP contribution is 2.33. The van der Waals surface area contributed by atoms with Crippen LogP contribution in [-0.4, -0.2) is 39.2 Å². The van der Waals surface area contributed by atoms with Crippen LogP contribution in [-0.2, 0) is 6.54 Å². The zero-order valence-electron chi connectivity index (χ0n) is 16.4. The third-order valence-electron chi connectivity index (χ3n) is 4.86. The fourth-order valence-electron chi connectivity index (χ4n) is 3.35. The van der Waals surface area contributed by atoms with E-state index in [2.05, 4.69) is 20.5 Å². The number of hydrogen-bond acceptors (Lipinski definition) is 4. The molecule has 2 aromatic carbocycles. The van der Waals surface area contributed by atoms with Gasteiger partial charge >= 0.3 is 0 Å². The maximum absolute atomic E-state index is 14.0. The molecule has 1 aliphatic rings. The highest BCUT2D eigenvalue weighted by Gasteiger charge is 2.25. The van der Waals surface area contributed by atoms with Crippen LogP contribution in [0.3, 0.4) is 0 Å². The maximum Gasteiger partial charge on any atom is 0.191 e. The molecule has 1 unspecified atom stereocenters. The van der Waals surface area contributed by atoms with Gasteiger partial charge in [-0.15, -0.1) is 0 Å². The Kier molecular flexibility index (Phi) is 6.78. The number of methoxy groups -OCH3 is 1. The van der Waals surface area contributed by atoms with Crippen molar-refractivity contribution in [3.05, 3.63) is 58.4 Å². The molecule has 2 N–H and O–H groups in total. The first kappa shape index (κ1) is 20.7. The van der Waals surface area contributed by atoms with E-state index in [1.807, 2.05) is 24.3 Å². The number of rotatable bonds is 5. The van der Waals surface area contributed by atoms with Crippen molar-refractivity contribution in [2.24, 2.45) is 4.99 Å². The molecule has 152 valence electrons. The predicted molar refractivity (Wildman–Crippen MR) is 113 cm³/mol. The van der Waals surface area contributed by atoms with E-state index in [4.69, 9.17) is 21.6 Å². The molecule has 0 spiro atoms. The van der Waals surface area contributed by atoms with Crippen LogP contribution < -0.4 is 20.3 Å². The summed E-state index contributed by atoms with van der Waals surface area (Å²) in [6.45, 7) is 1.85. The van der Waals surface area contributed by atoms with E-state index in [-0.39, 0.29) is 18.4 Å². The van der Waals surface area contributed by atoms with E-state index >= 15 is 0 Å². The summed E-state index contributed by atoms with van der Waals surface area (Å²) >= 11 is 6.15. The molecule has 1 heterocycles. The second-order valence-corrected chi connectivity index (χ2v) is 7.17. The molecule has 29 heavy (non-hydrogen) atoms. The van der Waals surface area contributed by atoms with Gasteiger partial charge in [-0.1, -0.05) is 11.6 Å². The highest BCUT2D eigenvalue weighted by molar-refractivity contribution is 6.30. The van der Waals surface area contributed by atoms with Gasteiger partial charge in [0.25, 0.3) is 0 Å². The Morgan fingerprint density at radius 2 is 2.21 bits per heavy atom. The van der Waals surface area contributed by atoms with Crippen molar-refractivity contribution < 1.29 is 9.13 Å². The van der Waals surface area contributed by atoms with Crippen LogP contribution >= 0.6 is 11.6 Å². The first-order valence-electron chi connectivity index (χ1n) is 9.28. The molecule has 0 radical (unpaired) electrons. The van der Waals surface area contributed by atoms with Gasteiger partial charge in [-0.05, 0) is 42.8 Å². The smallest absolute Gasteiger partial charge is 0.191 e. The Bertz CT molecular complexity index is 943. The van der Waals surface area contributed by atoms with Crippen LogP contribution in [0.15, 0.2) is 41.4 Å². The average Bonchev–Trinajstić information content (AvgIpc) is 3.20. The topological polar surface area (TPSA) is 72.7 Å². The normalized spacial score (nSPS) is 16.4. The molecule has 6 nitrogen and oxygen atoms in total. The van der Waals surface area contributed by atoms with Crippen LogP contribution in [0.25, 0.3) is 0 Å². The number of nitrogens with one attached hydrogen (secondary N) is 2. The minimum Gasteiger partial charge on any atom is -0.495 e. The van der Waals surface area contributed by atoms with E-state index in [0.29, 0.717) is 22.1 Å². The van der Waals surface area contributed by atoms with E-state index in [9.17, 15) is 4.39 Å². The van der Waals surface area contributed by atoms with Crippen molar-refractivity contribution in [1.29, 1.82) is 5.26 Å². The molecule has 0 aliphatic carbocycles. The molecule has 1 atom stereocenters. The van der Waals surface area contributed by atoms with Crippen molar-refractivity contribution >= 4 is 23.2 Å². The number of hydrogen-bond donors (Lipinski definition) is 2. The molecular formula is C21H23ClFN5O. The number of halogens is 2. The summed E-state index contributed by atoms with van der Waals surface area (Å²) in [5.41, 5.74) is 1.80. The lowest BCUT2D eigenvalue weighted by Gasteiger charge is -2.22. The van der Waals surface area contributed by atoms with Crippen molar-refractivity contribution in [2.45, 2.75) is 19.0 Å². The molecule has 8 heteroatoms. The van der Waals surface area contributed by atoms with Crippen molar-refractivity contribution in [1.82, 2.24) is 10.6 Å². The summed E-state index contributed by atoms with van der Waals surface area (Å²) in [6.07, 6.45) is 0.911. The minimum absolute atomic E-state index is 0.167. The summed E-state index contributed by atoms with van der Waals surface area (Å²) in [7, 11) is 3.31. The maximum atomic E-state index is 14.0. The summed E-state index contributed by atoms with van der Waals surface area (Å²) in [4.78, 5) is 6.44. The van der Waals surface area contributed by atoms with Gasteiger partial charge in [-0.3, -0.25) is 4.99 Å². The highest BCUT2D eigenvalue weighted by atomic mass is 35.5. The van der Waals surface area contributed by atoms with Gasteiger partial charge in [-0.25, -0.2) is 4.39 Å². The van der Waals surface area contributed by atoms with Gasteiger partial charge in [0.15, 0.2) is 5.96 Å². The molecule has 2 aromatic rings. The van der Waals surface area contributed by atoms with E-state index in [1.54, 1.807) is 20.2 Å². The van der Waals surface area contributed by atoms with Crippen molar-refractivity contribution in [3.63, 3.8) is 0 Å². The van der Waals surface area contributed by atoms with Gasteiger partial charge in [0.2, 0.25) is 0 Å². The molecule has 0 saturated carbocycles. The number of benzene rings is 2. The van der Waals surface area contributed by atoms with E-state index < -0.39 is 0 Å². The lowest BCUT2D eigenvalue weighted by molar-refractivity contribution is 0.415. The van der Waals surface area contributed by atoms with E-state index in [0.717, 1.165) is 30.9 Å². The Hall–Kier alpha value is -2.98. The molecule has 1 saturated heterocycles. The Balaban J connectivity index is 1.60. The fourth-order valence-corrected chi connectivity index (χ4v) is 3.52. The second-order valence-electron chi connectivity index (χ2n) is 6.74. The Morgan fingerprint density at radius 3 is 2.93 bits per heavy atom. The number of nitrogens with zero attached hydrogens (tertiary/aromatic N) is 3. The number of nitriles is 1. The van der Waals surface area contributed by atoms with Gasteiger partial charge in [0, 0.05) is 43.3 Å². The number of anilines is 1. The molecule has 0 bridgehead atoms. The number of ether oxygens (including phenoxy) is 1. The Morgan fingerprint density at radius 1 is 1.38 bits per heavy atom. The summed E-state index contributed by atoms with van der Waals surface area (Å²) in [6, 6.07) is 12.1. The van der Waals surface area contributed by atoms with Crippen molar-refractivity contribution in [2.75, 3.05) is 32.1 Å². The summed E-state index contributed by atoms with van der Waals surface area (Å²) in [5, 5.41) is 16.1. The molecule has 0 aromatic heterocycles. The van der Waals surface area contributed by atoms with E-state index in [1.165, 1.54) is 12.1 Å². The summed E-state index contributed by atoms with van der Waals surface area (Å²) in [5.74, 6) is 1.01. The zero-order valence-corrected chi connectivity index (χ0v) is 17.1. The second kappa shape index (κ2) is 9.48. The van der Waals surface area contributed by atoms with Gasteiger partial charge in [-0.2, -0.15) is 5.26 Å². The lowest BCUT2D eigenvalue weighted by atomic mass is 10.1. The lowest BCUT2D eigenvalue weighted by Crippen LogP contribution is -2.44. The van der Waals surface area contributed by atoms with Gasteiger partial charge < -0.3 is 20.3 Å². The molecule has 1 fully saturated rings. The SMILES string of the molecule is CN=C(NCc1cc(C#N)ccc1F)NC1CCN(c2cc(Cl)ccc2OC)C1. The van der Waals surface area contributed by atoms with Gasteiger partial charge in [0.05, 0.1) is 24.4 Å². The summed E-state index contributed by atoms with van der Waals surface area (Å²) < 4.78 is 19.4. The minimum atomic E-state index is -0.355.